The maximum Gasteiger partial charge on any atom is 0.326 e. The Kier molecular flexibility index (Phi) is 7.66. The Morgan fingerprint density at radius 1 is 1.28 bits per heavy atom. The largest absolute Gasteiger partial charge is 0.454 e. The Balaban J connectivity index is 1.86. The Labute approximate surface area is 174 Å². The van der Waals surface area contributed by atoms with Gasteiger partial charge in [0.25, 0.3) is 11.8 Å². The number of hydrogen-bond donors (Lipinski definition) is 2. The fourth-order valence-corrected chi connectivity index (χ4v) is 3.45. The van der Waals surface area contributed by atoms with Crippen LogP contribution in [0.5, 0.6) is 0 Å². The predicted molar refractivity (Wildman–Crippen MR) is 111 cm³/mol. The molecule has 0 radical (unpaired) electrons. The average Bonchev–Trinajstić information content (AvgIpc) is 2.89. The summed E-state index contributed by atoms with van der Waals surface area (Å²) < 4.78 is 4.94. The van der Waals surface area contributed by atoms with Crippen molar-refractivity contribution in [1.82, 2.24) is 10.2 Å². The zero-order chi connectivity index (χ0) is 21.6. The molecule has 1 saturated heterocycles. The van der Waals surface area contributed by atoms with E-state index in [4.69, 9.17) is 4.74 Å². The van der Waals surface area contributed by atoms with Crippen LogP contribution < -0.4 is 10.6 Å². The van der Waals surface area contributed by atoms with Crippen LogP contribution in [0.3, 0.4) is 0 Å². The fraction of sp³-hybridized carbons (Fsp3) is 0.500. The molecule has 4 amide bonds. The van der Waals surface area contributed by atoms with Gasteiger partial charge in [-0.15, -0.1) is 11.8 Å². The van der Waals surface area contributed by atoms with Crippen molar-refractivity contribution in [2.45, 2.75) is 44.0 Å². The first-order chi connectivity index (χ1) is 13.7. The van der Waals surface area contributed by atoms with Crippen LogP contribution in [0.2, 0.25) is 0 Å². The third-order valence-corrected chi connectivity index (χ3v) is 5.40. The monoisotopic (exact) mass is 421 g/mol. The minimum absolute atomic E-state index is 0.380. The number of anilines is 1. The highest BCUT2D eigenvalue weighted by Crippen LogP contribution is 2.25. The zero-order valence-corrected chi connectivity index (χ0v) is 17.9. The second kappa shape index (κ2) is 9.78. The van der Waals surface area contributed by atoms with Gasteiger partial charge in [-0.05, 0) is 44.1 Å². The van der Waals surface area contributed by atoms with Crippen molar-refractivity contribution >= 4 is 41.3 Å². The number of imide groups is 1. The number of benzene rings is 1. The molecule has 8 nitrogen and oxygen atoms in total. The Hall–Kier alpha value is -2.55. The highest BCUT2D eigenvalue weighted by molar-refractivity contribution is 7.98. The number of thioether (sulfide) groups is 1. The van der Waals surface area contributed by atoms with E-state index in [9.17, 15) is 19.2 Å². The SMILES string of the molecule is CSc1ccccc1NC(=O)COC(=O)CN1C(=O)N[C@@](C)(CCC(C)C)C1=O. The van der Waals surface area contributed by atoms with E-state index in [-0.39, 0.29) is 0 Å². The van der Waals surface area contributed by atoms with Crippen molar-refractivity contribution in [3.05, 3.63) is 24.3 Å². The van der Waals surface area contributed by atoms with Gasteiger partial charge in [0.2, 0.25) is 0 Å². The van der Waals surface area contributed by atoms with Gasteiger partial charge in [-0.25, -0.2) is 4.79 Å². The molecular formula is C20H27N3O5S. The summed E-state index contributed by atoms with van der Waals surface area (Å²) >= 11 is 1.48. The van der Waals surface area contributed by atoms with Crippen molar-refractivity contribution in [3.63, 3.8) is 0 Å². The number of carbonyl (C=O) groups excluding carboxylic acids is 4. The maximum atomic E-state index is 12.6. The lowest BCUT2D eigenvalue weighted by Crippen LogP contribution is -2.44. The lowest BCUT2D eigenvalue weighted by atomic mass is 9.92. The molecule has 2 N–H and O–H groups in total. The van der Waals surface area contributed by atoms with Gasteiger partial charge in [-0.3, -0.25) is 19.3 Å². The summed E-state index contributed by atoms with van der Waals surface area (Å²) in [6.45, 7) is 4.68. The quantitative estimate of drug-likeness (QED) is 0.361. The van der Waals surface area contributed by atoms with Gasteiger partial charge in [0.05, 0.1) is 5.69 Å². The van der Waals surface area contributed by atoms with Gasteiger partial charge in [0, 0.05) is 4.90 Å². The van der Waals surface area contributed by atoms with Crippen LogP contribution in [0.4, 0.5) is 10.5 Å². The van der Waals surface area contributed by atoms with Gasteiger partial charge < -0.3 is 15.4 Å². The van der Waals surface area contributed by atoms with Gasteiger partial charge in [0.1, 0.15) is 12.1 Å². The van der Waals surface area contributed by atoms with E-state index in [0.717, 1.165) is 16.2 Å². The van der Waals surface area contributed by atoms with Crippen LogP contribution in [0.15, 0.2) is 29.2 Å². The Morgan fingerprint density at radius 2 is 1.97 bits per heavy atom. The first kappa shape index (κ1) is 22.7. The van der Waals surface area contributed by atoms with E-state index in [1.165, 1.54) is 11.8 Å². The van der Waals surface area contributed by atoms with E-state index in [1.807, 2.05) is 32.2 Å². The highest BCUT2D eigenvalue weighted by atomic mass is 32.2. The normalized spacial score (nSPS) is 18.7. The molecule has 0 spiro atoms. The third-order valence-electron chi connectivity index (χ3n) is 4.60. The van der Waals surface area contributed by atoms with Gasteiger partial charge >= 0.3 is 12.0 Å². The molecule has 1 heterocycles. The molecular weight excluding hydrogens is 394 g/mol. The third kappa shape index (κ3) is 5.96. The number of nitrogens with zero attached hydrogens (tertiary/aromatic N) is 1. The van der Waals surface area contributed by atoms with Crippen molar-refractivity contribution in [1.29, 1.82) is 0 Å². The van der Waals surface area contributed by atoms with Gasteiger partial charge in [-0.2, -0.15) is 0 Å². The molecule has 2 rings (SSSR count). The van der Waals surface area contributed by atoms with Crippen LogP contribution in [-0.4, -0.2) is 53.7 Å². The lowest BCUT2D eigenvalue weighted by Gasteiger charge is -2.22. The molecule has 1 atom stereocenters. The van der Waals surface area contributed by atoms with Crippen LogP contribution in [0, 0.1) is 5.92 Å². The summed E-state index contributed by atoms with van der Waals surface area (Å²) in [5, 5.41) is 5.32. The lowest BCUT2D eigenvalue weighted by molar-refractivity contribution is -0.150. The minimum atomic E-state index is -1.03. The first-order valence-corrected chi connectivity index (χ1v) is 10.6. The maximum absolute atomic E-state index is 12.6. The van der Waals surface area contributed by atoms with E-state index >= 15 is 0 Å². The number of ether oxygens (including phenoxy) is 1. The molecule has 1 fully saturated rings. The molecule has 0 bridgehead atoms. The summed E-state index contributed by atoms with van der Waals surface area (Å²) in [6, 6.07) is 6.62. The van der Waals surface area contributed by atoms with E-state index in [1.54, 1.807) is 19.1 Å². The summed E-state index contributed by atoms with van der Waals surface area (Å²) in [5.41, 5.74) is -0.406. The molecule has 1 aliphatic heterocycles. The number of esters is 1. The van der Waals surface area contributed by atoms with Crippen LogP contribution >= 0.6 is 11.8 Å². The fourth-order valence-electron chi connectivity index (χ4n) is 2.89. The summed E-state index contributed by atoms with van der Waals surface area (Å²) in [6.07, 6.45) is 3.13. The van der Waals surface area contributed by atoms with Crippen LogP contribution in [0.1, 0.15) is 33.6 Å². The average molecular weight is 422 g/mol. The summed E-state index contributed by atoms with van der Waals surface area (Å²) in [5.74, 6) is -1.41. The predicted octanol–water partition coefficient (Wildman–Crippen LogP) is 2.64. The molecule has 0 unspecified atom stereocenters. The van der Waals surface area contributed by atoms with Crippen molar-refractivity contribution in [2.24, 2.45) is 5.92 Å². The zero-order valence-electron chi connectivity index (χ0n) is 17.1. The minimum Gasteiger partial charge on any atom is -0.454 e. The summed E-state index contributed by atoms with van der Waals surface area (Å²) in [7, 11) is 0. The van der Waals surface area contributed by atoms with Crippen molar-refractivity contribution in [3.8, 4) is 0 Å². The van der Waals surface area contributed by atoms with Crippen LogP contribution in [0.25, 0.3) is 0 Å². The van der Waals surface area contributed by atoms with Crippen molar-refractivity contribution in [2.75, 3.05) is 24.7 Å². The molecule has 29 heavy (non-hydrogen) atoms. The molecule has 0 saturated carbocycles. The molecule has 1 aromatic carbocycles. The molecule has 0 aromatic heterocycles. The first-order valence-electron chi connectivity index (χ1n) is 9.39. The number of para-hydroxylation sites is 1. The van der Waals surface area contributed by atoms with Gasteiger partial charge in [0.15, 0.2) is 6.61 Å². The van der Waals surface area contributed by atoms with Crippen LogP contribution in [-0.2, 0) is 19.1 Å². The number of urea groups is 1. The standard InChI is InChI=1S/C20H27N3O5S/c1-13(2)9-10-20(3)18(26)23(19(27)22-20)11-17(25)28-12-16(24)21-14-7-5-6-8-15(14)29-4/h5-8,13H,9-12H2,1-4H3,(H,21,24)(H,22,27)/t20-/m0/s1. The van der Waals surface area contributed by atoms with Gasteiger partial charge in [-0.1, -0.05) is 26.0 Å². The van der Waals surface area contributed by atoms with E-state index in [0.29, 0.717) is 18.0 Å². The molecule has 9 heteroatoms. The molecule has 1 aliphatic rings. The van der Waals surface area contributed by atoms with E-state index < -0.39 is 42.5 Å². The number of carbonyl (C=O) groups is 4. The van der Waals surface area contributed by atoms with E-state index in [2.05, 4.69) is 10.6 Å². The molecule has 158 valence electrons. The summed E-state index contributed by atoms with van der Waals surface area (Å²) in [4.78, 5) is 50.6. The number of hydrogen-bond acceptors (Lipinski definition) is 6. The molecule has 0 aliphatic carbocycles. The van der Waals surface area contributed by atoms with Crippen molar-refractivity contribution < 1.29 is 23.9 Å². The topological polar surface area (TPSA) is 105 Å². The number of amides is 4. The second-order valence-corrected chi connectivity index (χ2v) is 8.34. The smallest absolute Gasteiger partial charge is 0.326 e. The second-order valence-electron chi connectivity index (χ2n) is 7.50. The Morgan fingerprint density at radius 3 is 2.62 bits per heavy atom. The number of nitrogens with one attached hydrogen (secondary N) is 2. The molecule has 1 aromatic rings. The number of rotatable bonds is 9. The highest BCUT2D eigenvalue weighted by Gasteiger charge is 2.48. The Bertz CT molecular complexity index is 798.